The van der Waals surface area contributed by atoms with Gasteiger partial charge in [-0.2, -0.15) is 0 Å². The number of carbonyl (C=O) groups excluding carboxylic acids is 1. The van der Waals surface area contributed by atoms with Crippen LogP contribution in [0.25, 0.3) is 22.3 Å². The molecule has 6 heteroatoms. The average Bonchev–Trinajstić information content (AvgIpc) is 2.90. The fraction of sp³-hybridized carbons (Fsp3) is 0.278. The lowest BCUT2D eigenvalue weighted by atomic mass is 9.98. The Morgan fingerprint density at radius 1 is 1.33 bits per heavy atom. The second-order valence-electron chi connectivity index (χ2n) is 6.01. The Balaban J connectivity index is 2.31. The van der Waals surface area contributed by atoms with Gasteiger partial charge in [0.2, 0.25) is 5.91 Å². The summed E-state index contributed by atoms with van der Waals surface area (Å²) in [5, 5.41) is 0. The summed E-state index contributed by atoms with van der Waals surface area (Å²) in [6.45, 7) is 5.97. The molecule has 1 amide bonds. The number of imidazole rings is 1. The van der Waals surface area contributed by atoms with Crippen molar-refractivity contribution in [3.8, 4) is 11.1 Å². The minimum atomic E-state index is -0.479. The van der Waals surface area contributed by atoms with Crippen LogP contribution in [0.3, 0.4) is 0 Å². The molecule has 3 aromatic rings. The van der Waals surface area contributed by atoms with Crippen LogP contribution in [0.2, 0.25) is 0 Å². The summed E-state index contributed by atoms with van der Waals surface area (Å²) in [5.41, 5.74) is 9.63. The number of carbonyl (C=O) groups is 1. The lowest BCUT2D eigenvalue weighted by Gasteiger charge is -2.11. The summed E-state index contributed by atoms with van der Waals surface area (Å²) >= 11 is 0. The fourth-order valence-electron chi connectivity index (χ4n) is 2.90. The van der Waals surface area contributed by atoms with E-state index in [1.165, 1.54) is 0 Å². The highest BCUT2D eigenvalue weighted by molar-refractivity contribution is 5.97. The van der Waals surface area contributed by atoms with E-state index in [1.807, 2.05) is 32.9 Å². The molecule has 0 saturated heterocycles. The van der Waals surface area contributed by atoms with Crippen LogP contribution in [0.1, 0.15) is 42.2 Å². The highest BCUT2D eigenvalue weighted by Crippen LogP contribution is 2.30. The van der Waals surface area contributed by atoms with Crippen LogP contribution in [0.4, 0.5) is 0 Å². The maximum absolute atomic E-state index is 12.4. The third kappa shape index (κ3) is 2.50. The number of hydrogen-bond acceptors (Lipinski definition) is 3. The number of aryl methyl sites for hydroxylation is 1. The van der Waals surface area contributed by atoms with Crippen molar-refractivity contribution in [2.75, 3.05) is 0 Å². The highest BCUT2D eigenvalue weighted by atomic mass is 16.1. The first kappa shape index (κ1) is 16.0. The number of pyridine rings is 1. The van der Waals surface area contributed by atoms with Gasteiger partial charge < -0.3 is 10.7 Å². The van der Waals surface area contributed by atoms with Crippen LogP contribution in [0.5, 0.6) is 0 Å². The molecule has 1 unspecified atom stereocenters. The summed E-state index contributed by atoms with van der Waals surface area (Å²) in [7, 11) is 0. The Hall–Kier alpha value is -2.89. The number of H-pyrrole nitrogens is 1. The number of primary amides is 1. The molecule has 0 saturated carbocycles. The number of rotatable bonds is 4. The Morgan fingerprint density at radius 2 is 2.08 bits per heavy atom. The number of nitrogens with zero attached hydrogens (tertiary/aromatic N) is 2. The van der Waals surface area contributed by atoms with Gasteiger partial charge in [-0.3, -0.25) is 9.36 Å². The topological polar surface area (TPSA) is 93.8 Å². The molecule has 1 atom stereocenters. The first-order valence-electron chi connectivity index (χ1n) is 7.94. The summed E-state index contributed by atoms with van der Waals surface area (Å²) in [5.74, 6) is -0.479. The predicted molar refractivity (Wildman–Crippen MR) is 94.0 cm³/mol. The number of amides is 1. The van der Waals surface area contributed by atoms with E-state index in [0.29, 0.717) is 16.7 Å². The zero-order valence-electron chi connectivity index (χ0n) is 14.0. The van der Waals surface area contributed by atoms with Crippen LogP contribution in [0, 0.1) is 6.92 Å². The van der Waals surface area contributed by atoms with Gasteiger partial charge in [-0.15, -0.1) is 0 Å². The molecule has 124 valence electrons. The van der Waals surface area contributed by atoms with E-state index in [4.69, 9.17) is 5.73 Å². The van der Waals surface area contributed by atoms with Crippen LogP contribution >= 0.6 is 0 Å². The molecule has 0 bridgehead atoms. The van der Waals surface area contributed by atoms with Gasteiger partial charge in [0.15, 0.2) is 5.65 Å². The molecular formula is C18H20N4O2. The van der Waals surface area contributed by atoms with Gasteiger partial charge in [0.05, 0.1) is 5.52 Å². The first-order valence-corrected chi connectivity index (χ1v) is 7.94. The Labute approximate surface area is 139 Å². The van der Waals surface area contributed by atoms with Crippen LogP contribution in [-0.2, 0) is 0 Å². The fourth-order valence-corrected chi connectivity index (χ4v) is 2.90. The minimum absolute atomic E-state index is 0.0482. The molecular weight excluding hydrogens is 304 g/mol. The van der Waals surface area contributed by atoms with E-state index in [2.05, 4.69) is 9.97 Å². The van der Waals surface area contributed by atoms with E-state index in [1.54, 1.807) is 22.9 Å². The molecule has 0 aliphatic heterocycles. The van der Waals surface area contributed by atoms with Crippen molar-refractivity contribution >= 4 is 17.1 Å². The van der Waals surface area contributed by atoms with Crippen LogP contribution in [0.15, 0.2) is 35.3 Å². The predicted octanol–water partition coefficient (Wildman–Crippen LogP) is 2.77. The Kier molecular flexibility index (Phi) is 3.97. The summed E-state index contributed by atoms with van der Waals surface area (Å²) in [6, 6.07) is 7.20. The van der Waals surface area contributed by atoms with Gasteiger partial charge in [-0.25, -0.2) is 9.78 Å². The largest absolute Gasteiger partial charge is 0.366 e. The van der Waals surface area contributed by atoms with Crippen molar-refractivity contribution in [1.82, 2.24) is 14.5 Å². The number of aromatic nitrogens is 3. The van der Waals surface area contributed by atoms with Crippen molar-refractivity contribution in [1.29, 1.82) is 0 Å². The van der Waals surface area contributed by atoms with E-state index in [9.17, 15) is 9.59 Å². The highest BCUT2D eigenvalue weighted by Gasteiger charge is 2.17. The third-order valence-corrected chi connectivity index (χ3v) is 4.45. The maximum atomic E-state index is 12.4. The standard InChI is InChI=1S/C18H20N4O2/c1-4-11(3)22-17-15(21-18(22)24)13(7-8-20-17)14-9-12(16(19)23)6-5-10(14)2/h5-9,11H,4H2,1-3H3,(H2,19,23)(H,21,24). The molecule has 6 nitrogen and oxygen atoms in total. The molecule has 0 aliphatic rings. The van der Waals surface area contributed by atoms with Crippen molar-refractivity contribution in [2.45, 2.75) is 33.2 Å². The number of aromatic amines is 1. The van der Waals surface area contributed by atoms with Gasteiger partial charge in [0, 0.05) is 23.4 Å². The number of nitrogens with two attached hydrogens (primary N) is 1. The molecule has 1 aromatic carbocycles. The van der Waals surface area contributed by atoms with Gasteiger partial charge >= 0.3 is 5.69 Å². The SMILES string of the molecule is CCC(C)n1c(=O)[nH]c2c(-c3cc(C(N)=O)ccc3C)ccnc21. The van der Waals surface area contributed by atoms with Gasteiger partial charge in [-0.05, 0) is 49.6 Å². The molecule has 3 rings (SSSR count). The van der Waals surface area contributed by atoms with E-state index < -0.39 is 5.91 Å². The van der Waals surface area contributed by atoms with E-state index in [-0.39, 0.29) is 11.7 Å². The summed E-state index contributed by atoms with van der Waals surface area (Å²) in [6.07, 6.45) is 2.51. The number of nitrogens with one attached hydrogen (secondary N) is 1. The quantitative estimate of drug-likeness (QED) is 0.772. The van der Waals surface area contributed by atoms with E-state index in [0.717, 1.165) is 23.1 Å². The molecule has 2 heterocycles. The average molecular weight is 324 g/mol. The normalized spacial score (nSPS) is 12.5. The minimum Gasteiger partial charge on any atom is -0.366 e. The smallest absolute Gasteiger partial charge is 0.327 e. The van der Waals surface area contributed by atoms with Crippen molar-refractivity contribution < 1.29 is 4.79 Å². The lowest BCUT2D eigenvalue weighted by molar-refractivity contribution is 0.100. The molecule has 0 aliphatic carbocycles. The molecule has 0 fully saturated rings. The summed E-state index contributed by atoms with van der Waals surface area (Å²) in [4.78, 5) is 31.2. The zero-order valence-corrected chi connectivity index (χ0v) is 14.0. The molecule has 0 radical (unpaired) electrons. The van der Waals surface area contributed by atoms with Crippen LogP contribution < -0.4 is 11.4 Å². The zero-order chi connectivity index (χ0) is 17.4. The number of benzene rings is 1. The van der Waals surface area contributed by atoms with Crippen molar-refractivity contribution in [2.24, 2.45) is 5.73 Å². The van der Waals surface area contributed by atoms with Gasteiger partial charge in [0.1, 0.15) is 0 Å². The second kappa shape index (κ2) is 5.96. The third-order valence-electron chi connectivity index (χ3n) is 4.45. The number of fused-ring (bicyclic) bond motifs is 1. The van der Waals surface area contributed by atoms with Crippen LogP contribution in [-0.4, -0.2) is 20.4 Å². The Bertz CT molecular complexity index is 984. The molecule has 2 aromatic heterocycles. The lowest BCUT2D eigenvalue weighted by Crippen LogP contribution is -2.20. The summed E-state index contributed by atoms with van der Waals surface area (Å²) < 4.78 is 1.67. The van der Waals surface area contributed by atoms with Crippen molar-refractivity contribution in [3.63, 3.8) is 0 Å². The van der Waals surface area contributed by atoms with Gasteiger partial charge in [0.25, 0.3) is 0 Å². The molecule has 0 spiro atoms. The molecule has 24 heavy (non-hydrogen) atoms. The number of hydrogen-bond donors (Lipinski definition) is 2. The Morgan fingerprint density at radius 3 is 2.75 bits per heavy atom. The molecule has 3 N–H and O–H groups in total. The van der Waals surface area contributed by atoms with Crippen molar-refractivity contribution in [3.05, 3.63) is 52.1 Å². The maximum Gasteiger partial charge on any atom is 0.327 e. The monoisotopic (exact) mass is 324 g/mol. The first-order chi connectivity index (χ1) is 11.4. The van der Waals surface area contributed by atoms with E-state index >= 15 is 0 Å². The second-order valence-corrected chi connectivity index (χ2v) is 6.01. The van der Waals surface area contributed by atoms with Gasteiger partial charge in [-0.1, -0.05) is 13.0 Å².